The van der Waals surface area contributed by atoms with E-state index in [4.69, 9.17) is 5.11 Å². The number of rotatable bonds is 1. The molecule has 15 heavy (non-hydrogen) atoms. The first-order valence-corrected chi connectivity index (χ1v) is 4.63. The van der Waals surface area contributed by atoms with E-state index in [1.807, 2.05) is 19.9 Å². The highest BCUT2D eigenvalue weighted by atomic mass is 16.3. The van der Waals surface area contributed by atoms with Gasteiger partial charge in [0.05, 0.1) is 5.69 Å². The lowest BCUT2D eigenvalue weighted by Gasteiger charge is -2.06. The average molecular weight is 204 g/mol. The van der Waals surface area contributed by atoms with E-state index >= 15 is 0 Å². The zero-order valence-electron chi connectivity index (χ0n) is 8.60. The molecular weight excluding hydrogens is 192 g/mol. The molecule has 0 aliphatic carbocycles. The third kappa shape index (κ3) is 1.66. The van der Waals surface area contributed by atoms with Gasteiger partial charge in [0.1, 0.15) is 17.2 Å². The number of aromatic nitrogens is 2. The minimum Gasteiger partial charge on any atom is -0.508 e. The van der Waals surface area contributed by atoms with Crippen molar-refractivity contribution in [2.24, 2.45) is 0 Å². The maximum Gasteiger partial charge on any atom is 0.144 e. The molecule has 2 N–H and O–H groups in total. The maximum atomic E-state index is 9.66. The van der Waals surface area contributed by atoms with Crippen molar-refractivity contribution in [2.45, 2.75) is 13.8 Å². The first-order valence-electron chi connectivity index (χ1n) is 4.63. The van der Waals surface area contributed by atoms with Gasteiger partial charge in [0.15, 0.2) is 0 Å². The summed E-state index contributed by atoms with van der Waals surface area (Å²) < 4.78 is 1.64. The lowest BCUT2D eigenvalue weighted by Crippen LogP contribution is -1.98. The topological polar surface area (TPSA) is 58.3 Å². The normalized spacial score (nSPS) is 10.5. The molecule has 1 aromatic carbocycles. The Morgan fingerprint density at radius 3 is 2.40 bits per heavy atom. The highest BCUT2D eigenvalue weighted by Crippen LogP contribution is 2.26. The summed E-state index contributed by atoms with van der Waals surface area (Å²) in [5.74, 6) is 0.0546. The van der Waals surface area contributed by atoms with Crippen LogP contribution in [0.25, 0.3) is 5.69 Å². The summed E-state index contributed by atoms with van der Waals surface area (Å²) in [6.45, 7) is 3.80. The van der Waals surface area contributed by atoms with E-state index in [0.29, 0.717) is 5.69 Å². The number of aryl methyl sites for hydroxylation is 2. The highest BCUT2D eigenvalue weighted by molar-refractivity contribution is 5.49. The minimum atomic E-state index is 0.0150. The van der Waals surface area contributed by atoms with Gasteiger partial charge < -0.3 is 10.2 Å². The Morgan fingerprint density at radius 2 is 1.87 bits per heavy atom. The van der Waals surface area contributed by atoms with Gasteiger partial charge in [0.2, 0.25) is 0 Å². The van der Waals surface area contributed by atoms with E-state index in [0.717, 1.165) is 11.4 Å². The van der Waals surface area contributed by atoms with Crippen LogP contribution in [0.2, 0.25) is 0 Å². The van der Waals surface area contributed by atoms with Crippen molar-refractivity contribution >= 4 is 0 Å². The number of nitrogens with zero attached hydrogens (tertiary/aromatic N) is 2. The molecule has 0 saturated heterocycles. The van der Waals surface area contributed by atoms with E-state index in [-0.39, 0.29) is 11.5 Å². The average Bonchev–Trinajstić information content (AvgIpc) is 2.45. The van der Waals surface area contributed by atoms with Crippen molar-refractivity contribution in [3.63, 3.8) is 0 Å². The molecule has 0 spiro atoms. The third-order valence-electron chi connectivity index (χ3n) is 2.20. The van der Waals surface area contributed by atoms with Gasteiger partial charge in [-0.15, -0.1) is 0 Å². The summed E-state index contributed by atoms with van der Waals surface area (Å²) in [6, 6.07) is 6.37. The van der Waals surface area contributed by atoms with Gasteiger partial charge in [0.25, 0.3) is 0 Å². The molecule has 4 nitrogen and oxygen atoms in total. The summed E-state index contributed by atoms with van der Waals surface area (Å²) in [6.07, 6.45) is 0. The predicted octanol–water partition coefficient (Wildman–Crippen LogP) is 1.90. The van der Waals surface area contributed by atoms with Gasteiger partial charge in [-0.1, -0.05) is 0 Å². The van der Waals surface area contributed by atoms with E-state index < -0.39 is 0 Å². The van der Waals surface area contributed by atoms with Crippen LogP contribution >= 0.6 is 0 Å². The zero-order valence-corrected chi connectivity index (χ0v) is 8.60. The second-order valence-electron chi connectivity index (χ2n) is 3.51. The lowest BCUT2D eigenvalue weighted by molar-refractivity contribution is 0.447. The number of phenolic OH excluding ortho intramolecular Hbond substituents is 2. The van der Waals surface area contributed by atoms with Crippen molar-refractivity contribution in [1.29, 1.82) is 0 Å². The van der Waals surface area contributed by atoms with Crippen LogP contribution in [0, 0.1) is 13.8 Å². The van der Waals surface area contributed by atoms with Crippen LogP contribution in [-0.4, -0.2) is 20.0 Å². The standard InChI is InChI=1S/C11H12N2O2/c1-7-5-8(2)13(12-7)10-4-3-9(14)6-11(10)15/h3-6,14-15H,1-2H3. The van der Waals surface area contributed by atoms with Crippen LogP contribution in [0.15, 0.2) is 24.3 Å². The molecule has 1 heterocycles. The molecule has 1 aromatic heterocycles. The highest BCUT2D eigenvalue weighted by Gasteiger charge is 2.08. The summed E-state index contributed by atoms with van der Waals surface area (Å²) in [4.78, 5) is 0. The van der Waals surface area contributed by atoms with Crippen LogP contribution in [0.5, 0.6) is 11.5 Å². The van der Waals surface area contributed by atoms with E-state index in [9.17, 15) is 5.11 Å². The Labute approximate surface area is 87.4 Å². The monoisotopic (exact) mass is 204 g/mol. The summed E-state index contributed by atoms with van der Waals surface area (Å²) in [5, 5.41) is 23.1. The summed E-state index contributed by atoms with van der Waals surface area (Å²) in [7, 11) is 0. The Morgan fingerprint density at radius 1 is 1.13 bits per heavy atom. The fraction of sp³-hybridized carbons (Fsp3) is 0.182. The molecule has 0 atom stereocenters. The Bertz CT molecular complexity index is 503. The molecule has 0 radical (unpaired) electrons. The summed E-state index contributed by atoms with van der Waals surface area (Å²) >= 11 is 0. The number of benzene rings is 1. The quantitative estimate of drug-likeness (QED) is 0.745. The number of hydrogen-bond donors (Lipinski definition) is 2. The molecule has 0 amide bonds. The van der Waals surface area contributed by atoms with Gasteiger partial charge in [0, 0.05) is 11.8 Å². The first kappa shape index (κ1) is 9.58. The summed E-state index contributed by atoms with van der Waals surface area (Å²) in [5.41, 5.74) is 2.40. The fourth-order valence-electron chi connectivity index (χ4n) is 1.56. The van der Waals surface area contributed by atoms with Gasteiger partial charge >= 0.3 is 0 Å². The van der Waals surface area contributed by atoms with Gasteiger partial charge in [-0.25, -0.2) is 4.68 Å². The molecule has 0 fully saturated rings. The lowest BCUT2D eigenvalue weighted by atomic mass is 10.2. The fourth-order valence-corrected chi connectivity index (χ4v) is 1.56. The molecule has 0 saturated carbocycles. The molecule has 0 aliphatic rings. The molecule has 2 aromatic rings. The predicted molar refractivity (Wildman–Crippen MR) is 56.4 cm³/mol. The Balaban J connectivity index is 2.59. The Kier molecular flexibility index (Phi) is 2.11. The van der Waals surface area contributed by atoms with Gasteiger partial charge in [-0.2, -0.15) is 5.10 Å². The van der Waals surface area contributed by atoms with Crippen LogP contribution in [-0.2, 0) is 0 Å². The van der Waals surface area contributed by atoms with E-state index in [2.05, 4.69) is 5.10 Å². The molecule has 0 aliphatic heterocycles. The van der Waals surface area contributed by atoms with Crippen molar-refractivity contribution in [3.05, 3.63) is 35.7 Å². The molecule has 0 unspecified atom stereocenters. The van der Waals surface area contributed by atoms with E-state index in [1.54, 1.807) is 10.7 Å². The number of aromatic hydroxyl groups is 2. The molecular formula is C11H12N2O2. The SMILES string of the molecule is Cc1cc(C)n(-c2ccc(O)cc2O)n1. The second-order valence-corrected chi connectivity index (χ2v) is 3.51. The largest absolute Gasteiger partial charge is 0.508 e. The zero-order chi connectivity index (χ0) is 11.0. The molecule has 78 valence electrons. The first-order chi connectivity index (χ1) is 7.08. The van der Waals surface area contributed by atoms with Crippen LogP contribution in [0.1, 0.15) is 11.4 Å². The Hall–Kier alpha value is -1.97. The molecule has 4 heteroatoms. The van der Waals surface area contributed by atoms with Crippen molar-refractivity contribution in [3.8, 4) is 17.2 Å². The molecule has 2 rings (SSSR count). The van der Waals surface area contributed by atoms with Crippen LogP contribution in [0.4, 0.5) is 0 Å². The van der Waals surface area contributed by atoms with Crippen molar-refractivity contribution in [1.82, 2.24) is 9.78 Å². The van der Waals surface area contributed by atoms with Gasteiger partial charge in [-0.3, -0.25) is 0 Å². The second kappa shape index (κ2) is 3.31. The van der Waals surface area contributed by atoms with E-state index in [1.165, 1.54) is 12.1 Å². The minimum absolute atomic E-state index is 0.0150. The van der Waals surface area contributed by atoms with Gasteiger partial charge in [-0.05, 0) is 32.0 Å². The third-order valence-corrected chi connectivity index (χ3v) is 2.20. The maximum absolute atomic E-state index is 9.66. The molecule has 0 bridgehead atoms. The van der Waals surface area contributed by atoms with Crippen molar-refractivity contribution < 1.29 is 10.2 Å². The number of phenols is 2. The van der Waals surface area contributed by atoms with Crippen LogP contribution in [0.3, 0.4) is 0 Å². The van der Waals surface area contributed by atoms with Crippen molar-refractivity contribution in [2.75, 3.05) is 0 Å². The number of hydrogen-bond acceptors (Lipinski definition) is 3. The smallest absolute Gasteiger partial charge is 0.144 e. The van der Waals surface area contributed by atoms with Crippen LogP contribution < -0.4 is 0 Å².